The lowest BCUT2D eigenvalue weighted by Gasteiger charge is -2.05. The molecule has 5 heteroatoms. The molecule has 0 aromatic heterocycles. The molecule has 1 aliphatic heterocycles. The monoisotopic (exact) mass is 287 g/mol. The quantitative estimate of drug-likeness (QED) is 0.943. The molecule has 0 aliphatic carbocycles. The van der Waals surface area contributed by atoms with Gasteiger partial charge < -0.3 is 9.84 Å². The number of thioether (sulfide) groups is 1. The first-order valence-corrected chi connectivity index (χ1v) is 7.17. The van der Waals surface area contributed by atoms with Crippen LogP contribution in [0.15, 0.2) is 41.4 Å². The lowest BCUT2D eigenvalue weighted by Crippen LogP contribution is -2.17. The van der Waals surface area contributed by atoms with Crippen molar-refractivity contribution in [3.05, 3.63) is 42.0 Å². The molecule has 3 rings (SSSR count). The van der Waals surface area contributed by atoms with Crippen molar-refractivity contribution < 1.29 is 14.6 Å². The van der Waals surface area contributed by atoms with Gasteiger partial charge in [0.15, 0.2) is 6.04 Å². The zero-order chi connectivity index (χ0) is 14.1. The minimum Gasteiger partial charge on any atom is -0.497 e. The molecule has 1 unspecified atom stereocenters. The van der Waals surface area contributed by atoms with Crippen LogP contribution in [0.5, 0.6) is 5.75 Å². The Morgan fingerprint density at radius 2 is 2.05 bits per heavy atom. The van der Waals surface area contributed by atoms with Gasteiger partial charge in [-0.25, -0.2) is 4.79 Å². The van der Waals surface area contributed by atoms with E-state index in [1.807, 2.05) is 36.4 Å². The number of carbonyl (C=O) groups is 1. The van der Waals surface area contributed by atoms with Gasteiger partial charge in [-0.2, -0.15) is 0 Å². The first-order chi connectivity index (χ1) is 9.67. The predicted molar refractivity (Wildman–Crippen MR) is 80.9 cm³/mol. The van der Waals surface area contributed by atoms with Gasteiger partial charge in [0.25, 0.3) is 0 Å². The molecular formula is C15H13NO3S. The topological polar surface area (TPSA) is 58.9 Å². The molecule has 1 N–H and O–H groups in total. The van der Waals surface area contributed by atoms with Crippen LogP contribution in [0.25, 0.3) is 10.8 Å². The standard InChI is InChI=1S/C15H13NO3S/c1-19-12-5-4-9-6-11(3-2-10(9)7-12)14-16-13(8-20-14)15(17)18/h2-7,13H,8H2,1H3,(H,17,18). The maximum absolute atomic E-state index is 10.9. The van der Waals surface area contributed by atoms with Crippen LogP contribution in [-0.4, -0.2) is 35.0 Å². The van der Waals surface area contributed by atoms with Crippen molar-refractivity contribution in [1.29, 1.82) is 0 Å². The van der Waals surface area contributed by atoms with Crippen LogP contribution in [0.2, 0.25) is 0 Å². The van der Waals surface area contributed by atoms with E-state index in [0.717, 1.165) is 27.1 Å². The van der Waals surface area contributed by atoms with Crippen molar-refractivity contribution in [2.24, 2.45) is 4.99 Å². The number of hydrogen-bond acceptors (Lipinski definition) is 4. The minimum atomic E-state index is -0.863. The Labute approximate surface area is 120 Å². The van der Waals surface area contributed by atoms with Gasteiger partial charge in [-0.1, -0.05) is 18.2 Å². The SMILES string of the molecule is COc1ccc2cc(C3=NC(C(=O)O)CS3)ccc2c1. The van der Waals surface area contributed by atoms with Crippen molar-refractivity contribution >= 4 is 33.5 Å². The third-order valence-electron chi connectivity index (χ3n) is 3.23. The Kier molecular flexibility index (Phi) is 3.36. The molecule has 0 spiro atoms. The maximum atomic E-state index is 10.9. The molecule has 4 nitrogen and oxygen atoms in total. The number of rotatable bonds is 3. The summed E-state index contributed by atoms with van der Waals surface area (Å²) in [5.41, 5.74) is 0.969. The zero-order valence-corrected chi connectivity index (χ0v) is 11.7. The van der Waals surface area contributed by atoms with Crippen molar-refractivity contribution in [2.45, 2.75) is 6.04 Å². The maximum Gasteiger partial charge on any atom is 0.329 e. The number of fused-ring (bicyclic) bond motifs is 1. The summed E-state index contributed by atoms with van der Waals surface area (Å²) in [6.45, 7) is 0. The lowest BCUT2D eigenvalue weighted by atomic mass is 10.1. The molecule has 0 saturated carbocycles. The molecule has 1 atom stereocenters. The van der Waals surface area contributed by atoms with E-state index < -0.39 is 12.0 Å². The van der Waals surface area contributed by atoms with Gasteiger partial charge in [-0.15, -0.1) is 11.8 Å². The van der Waals surface area contributed by atoms with E-state index in [4.69, 9.17) is 9.84 Å². The number of nitrogens with zero attached hydrogens (tertiary/aromatic N) is 1. The molecule has 102 valence electrons. The Balaban J connectivity index is 1.98. The zero-order valence-electron chi connectivity index (χ0n) is 10.9. The molecule has 2 aromatic rings. The van der Waals surface area contributed by atoms with Crippen molar-refractivity contribution in [1.82, 2.24) is 0 Å². The number of benzene rings is 2. The summed E-state index contributed by atoms with van der Waals surface area (Å²) in [4.78, 5) is 15.2. The Hall–Kier alpha value is -2.01. The van der Waals surface area contributed by atoms with E-state index in [1.54, 1.807) is 7.11 Å². The van der Waals surface area contributed by atoms with E-state index in [9.17, 15) is 4.79 Å². The third kappa shape index (κ3) is 2.36. The number of carboxylic acid groups (broad SMARTS) is 1. The summed E-state index contributed by atoms with van der Waals surface area (Å²) in [5, 5.41) is 12.0. The fourth-order valence-corrected chi connectivity index (χ4v) is 3.17. The molecule has 0 amide bonds. The molecule has 0 fully saturated rings. The number of carboxylic acids is 1. The van der Waals surface area contributed by atoms with Crippen molar-refractivity contribution in [3.63, 3.8) is 0 Å². The second-order valence-electron chi connectivity index (χ2n) is 4.53. The van der Waals surface area contributed by atoms with Gasteiger partial charge in [0.1, 0.15) is 5.75 Å². The predicted octanol–water partition coefficient (Wildman–Crippen LogP) is 2.80. The Bertz CT molecular complexity index is 711. The summed E-state index contributed by atoms with van der Waals surface area (Å²) >= 11 is 1.49. The van der Waals surface area contributed by atoms with Crippen LogP contribution >= 0.6 is 11.8 Å². The van der Waals surface area contributed by atoms with Crippen LogP contribution in [-0.2, 0) is 4.79 Å². The number of aliphatic carboxylic acids is 1. The summed E-state index contributed by atoms with van der Waals surface area (Å²) in [6, 6.07) is 11.3. The second-order valence-corrected chi connectivity index (χ2v) is 5.54. The van der Waals surface area contributed by atoms with E-state index in [-0.39, 0.29) is 0 Å². The summed E-state index contributed by atoms with van der Waals surface area (Å²) in [7, 11) is 1.64. The van der Waals surface area contributed by atoms with Gasteiger partial charge in [-0.05, 0) is 29.0 Å². The van der Waals surface area contributed by atoms with Gasteiger partial charge in [0.05, 0.1) is 12.2 Å². The van der Waals surface area contributed by atoms with Gasteiger partial charge in [0.2, 0.25) is 0 Å². The van der Waals surface area contributed by atoms with E-state index >= 15 is 0 Å². The third-order valence-corrected chi connectivity index (χ3v) is 4.33. The molecule has 0 radical (unpaired) electrons. The van der Waals surface area contributed by atoms with Crippen LogP contribution in [0, 0.1) is 0 Å². The highest BCUT2D eigenvalue weighted by molar-refractivity contribution is 8.14. The average molecular weight is 287 g/mol. The highest BCUT2D eigenvalue weighted by Gasteiger charge is 2.25. The fourth-order valence-electron chi connectivity index (χ4n) is 2.14. The Morgan fingerprint density at radius 1 is 1.30 bits per heavy atom. The number of ether oxygens (including phenoxy) is 1. The molecule has 2 aromatic carbocycles. The first kappa shape index (κ1) is 13.0. The highest BCUT2D eigenvalue weighted by Crippen LogP contribution is 2.27. The number of aliphatic imine (C=N–C) groups is 1. The van der Waals surface area contributed by atoms with Gasteiger partial charge in [-0.3, -0.25) is 4.99 Å². The van der Waals surface area contributed by atoms with E-state index in [1.165, 1.54) is 11.8 Å². The average Bonchev–Trinajstić information content (AvgIpc) is 2.96. The summed E-state index contributed by atoms with van der Waals surface area (Å²) in [5.74, 6) is 0.465. The van der Waals surface area contributed by atoms with E-state index in [2.05, 4.69) is 4.99 Å². The van der Waals surface area contributed by atoms with Crippen LogP contribution in [0.1, 0.15) is 5.56 Å². The first-order valence-electron chi connectivity index (χ1n) is 6.19. The minimum absolute atomic E-state index is 0.505. The second kappa shape index (κ2) is 5.17. The smallest absolute Gasteiger partial charge is 0.329 e. The molecule has 0 bridgehead atoms. The van der Waals surface area contributed by atoms with Crippen LogP contribution in [0.4, 0.5) is 0 Å². The number of hydrogen-bond donors (Lipinski definition) is 1. The largest absolute Gasteiger partial charge is 0.497 e. The highest BCUT2D eigenvalue weighted by atomic mass is 32.2. The summed E-state index contributed by atoms with van der Waals surface area (Å²) in [6.07, 6.45) is 0. The number of methoxy groups -OCH3 is 1. The van der Waals surface area contributed by atoms with Gasteiger partial charge >= 0.3 is 5.97 Å². The Morgan fingerprint density at radius 3 is 2.75 bits per heavy atom. The summed E-state index contributed by atoms with van der Waals surface area (Å²) < 4.78 is 5.20. The molecule has 1 heterocycles. The lowest BCUT2D eigenvalue weighted by molar-refractivity contribution is -0.137. The normalized spacial score (nSPS) is 18.1. The molecule has 1 aliphatic rings. The van der Waals surface area contributed by atoms with Gasteiger partial charge in [0, 0.05) is 11.3 Å². The van der Waals surface area contributed by atoms with Crippen LogP contribution in [0.3, 0.4) is 0 Å². The molecule has 20 heavy (non-hydrogen) atoms. The molecular weight excluding hydrogens is 274 g/mol. The van der Waals surface area contributed by atoms with Crippen molar-refractivity contribution in [2.75, 3.05) is 12.9 Å². The molecule has 0 saturated heterocycles. The fraction of sp³-hybridized carbons (Fsp3) is 0.200. The van der Waals surface area contributed by atoms with E-state index in [0.29, 0.717) is 5.75 Å². The van der Waals surface area contributed by atoms with Crippen molar-refractivity contribution in [3.8, 4) is 5.75 Å². The van der Waals surface area contributed by atoms with Crippen LogP contribution < -0.4 is 4.74 Å².